The molecule has 0 spiro atoms. The number of thiazole rings is 1. The molecule has 3 N–H and O–H groups in total. The van der Waals surface area contributed by atoms with Crippen molar-refractivity contribution in [2.75, 3.05) is 13.6 Å². The second-order valence-corrected chi connectivity index (χ2v) is 6.40. The lowest BCUT2D eigenvalue weighted by Crippen LogP contribution is -2.24. The summed E-state index contributed by atoms with van der Waals surface area (Å²) >= 11 is 1.68. The molecule has 0 radical (unpaired) electrons. The van der Waals surface area contributed by atoms with Gasteiger partial charge in [0, 0.05) is 23.8 Å². The highest BCUT2D eigenvalue weighted by Gasteiger charge is 2.17. The van der Waals surface area contributed by atoms with Crippen LogP contribution < -0.4 is 5.73 Å². The largest absolute Gasteiger partial charge is 0.409 e. The van der Waals surface area contributed by atoms with Crippen molar-refractivity contribution < 1.29 is 5.21 Å². The van der Waals surface area contributed by atoms with Crippen LogP contribution in [-0.2, 0) is 12.0 Å². The maximum Gasteiger partial charge on any atom is 0.140 e. The predicted octanol–water partition coefficient (Wildman–Crippen LogP) is 2.01. The fraction of sp³-hybridized carbons (Fsp3) is 0.667. The first kappa shape index (κ1) is 14.9. The number of rotatable bonds is 5. The highest BCUT2D eigenvalue weighted by Crippen LogP contribution is 2.24. The number of nitrogens with zero attached hydrogens (tertiary/aromatic N) is 3. The molecule has 0 atom stereocenters. The van der Waals surface area contributed by atoms with E-state index in [9.17, 15) is 0 Å². The van der Waals surface area contributed by atoms with Crippen molar-refractivity contribution in [2.45, 2.75) is 39.2 Å². The third-order valence-corrected chi connectivity index (χ3v) is 3.44. The highest BCUT2D eigenvalue weighted by molar-refractivity contribution is 7.09. The molecule has 1 heterocycles. The zero-order valence-corrected chi connectivity index (χ0v) is 12.3. The molecule has 0 aliphatic heterocycles. The Morgan fingerprint density at radius 2 is 2.22 bits per heavy atom. The molecular formula is C12H22N4OS. The van der Waals surface area contributed by atoms with E-state index in [1.165, 1.54) is 0 Å². The van der Waals surface area contributed by atoms with Gasteiger partial charge in [-0.3, -0.25) is 4.90 Å². The smallest absolute Gasteiger partial charge is 0.140 e. The SMILES string of the molecule is CN(CCC(N)=NO)Cc1nc(C(C)(C)C)cs1. The Morgan fingerprint density at radius 3 is 2.72 bits per heavy atom. The molecule has 102 valence electrons. The van der Waals surface area contributed by atoms with E-state index in [4.69, 9.17) is 10.9 Å². The Hall–Kier alpha value is -1.14. The Balaban J connectivity index is 2.50. The van der Waals surface area contributed by atoms with Crippen molar-refractivity contribution in [3.63, 3.8) is 0 Å². The summed E-state index contributed by atoms with van der Waals surface area (Å²) in [6.45, 7) is 8.02. The lowest BCUT2D eigenvalue weighted by molar-refractivity contribution is 0.309. The minimum absolute atomic E-state index is 0.0985. The first-order chi connectivity index (χ1) is 8.32. The third-order valence-electron chi connectivity index (χ3n) is 2.60. The summed E-state index contributed by atoms with van der Waals surface area (Å²) in [7, 11) is 2.00. The average Bonchev–Trinajstić information content (AvgIpc) is 2.74. The molecule has 1 rings (SSSR count). The van der Waals surface area contributed by atoms with E-state index in [0.29, 0.717) is 6.42 Å². The van der Waals surface area contributed by atoms with Gasteiger partial charge in [0.05, 0.1) is 12.2 Å². The second-order valence-electron chi connectivity index (χ2n) is 5.46. The monoisotopic (exact) mass is 270 g/mol. The van der Waals surface area contributed by atoms with E-state index < -0.39 is 0 Å². The molecule has 0 amide bonds. The van der Waals surface area contributed by atoms with Gasteiger partial charge in [-0.2, -0.15) is 0 Å². The molecule has 18 heavy (non-hydrogen) atoms. The van der Waals surface area contributed by atoms with E-state index in [2.05, 4.69) is 41.2 Å². The van der Waals surface area contributed by atoms with Crippen molar-refractivity contribution >= 4 is 17.2 Å². The van der Waals surface area contributed by atoms with E-state index in [1.807, 2.05) is 7.05 Å². The molecular weight excluding hydrogens is 248 g/mol. The lowest BCUT2D eigenvalue weighted by Gasteiger charge is -2.16. The standard InChI is InChI=1S/C12H22N4OS/c1-12(2,3)9-8-18-11(14-9)7-16(4)6-5-10(13)15-17/h8,17H,5-7H2,1-4H3,(H2,13,15). The molecule has 1 aromatic rings. The first-order valence-electron chi connectivity index (χ1n) is 5.92. The highest BCUT2D eigenvalue weighted by atomic mass is 32.1. The van der Waals surface area contributed by atoms with Crippen LogP contribution in [0.25, 0.3) is 0 Å². The zero-order valence-electron chi connectivity index (χ0n) is 11.5. The van der Waals surface area contributed by atoms with Crippen LogP contribution in [0.4, 0.5) is 0 Å². The molecule has 0 unspecified atom stereocenters. The normalized spacial score (nSPS) is 13.3. The molecule has 0 aliphatic rings. The topological polar surface area (TPSA) is 74.7 Å². The van der Waals surface area contributed by atoms with Gasteiger partial charge in [0.15, 0.2) is 0 Å². The van der Waals surface area contributed by atoms with Crippen molar-refractivity contribution in [1.29, 1.82) is 0 Å². The van der Waals surface area contributed by atoms with Gasteiger partial charge in [0.2, 0.25) is 0 Å². The van der Waals surface area contributed by atoms with Crippen LogP contribution in [-0.4, -0.2) is 34.5 Å². The summed E-state index contributed by atoms with van der Waals surface area (Å²) in [5.41, 5.74) is 6.67. The summed E-state index contributed by atoms with van der Waals surface area (Å²) < 4.78 is 0. The minimum atomic E-state index is 0.0985. The quantitative estimate of drug-likeness (QED) is 0.371. The Labute approximate surface area is 112 Å². The average molecular weight is 270 g/mol. The predicted molar refractivity (Wildman–Crippen MR) is 75.2 cm³/mol. The molecule has 0 aliphatic carbocycles. The van der Waals surface area contributed by atoms with Gasteiger partial charge >= 0.3 is 0 Å². The maximum atomic E-state index is 8.46. The summed E-state index contributed by atoms with van der Waals surface area (Å²) in [5.74, 6) is 0.261. The number of hydrogen-bond donors (Lipinski definition) is 2. The van der Waals surface area contributed by atoms with Crippen molar-refractivity contribution in [3.8, 4) is 0 Å². The van der Waals surface area contributed by atoms with Gasteiger partial charge in [-0.25, -0.2) is 4.98 Å². The molecule has 1 aromatic heterocycles. The Morgan fingerprint density at radius 1 is 1.56 bits per heavy atom. The first-order valence-corrected chi connectivity index (χ1v) is 6.80. The van der Waals surface area contributed by atoms with Crippen LogP contribution in [0.2, 0.25) is 0 Å². The van der Waals surface area contributed by atoms with Gasteiger partial charge in [0.1, 0.15) is 10.8 Å². The van der Waals surface area contributed by atoms with Gasteiger partial charge in [-0.1, -0.05) is 25.9 Å². The van der Waals surface area contributed by atoms with Crippen LogP contribution in [0, 0.1) is 0 Å². The van der Waals surface area contributed by atoms with Gasteiger partial charge < -0.3 is 10.9 Å². The summed E-state index contributed by atoms with van der Waals surface area (Å²) in [6.07, 6.45) is 0.560. The van der Waals surface area contributed by atoms with E-state index in [0.717, 1.165) is 23.8 Å². The third kappa shape index (κ3) is 4.62. The van der Waals surface area contributed by atoms with Crippen molar-refractivity contribution in [2.24, 2.45) is 10.9 Å². The van der Waals surface area contributed by atoms with Gasteiger partial charge in [-0.05, 0) is 7.05 Å². The summed E-state index contributed by atoms with van der Waals surface area (Å²) in [4.78, 5) is 6.75. The fourth-order valence-electron chi connectivity index (χ4n) is 1.39. The molecule has 6 heteroatoms. The zero-order chi connectivity index (χ0) is 13.8. The minimum Gasteiger partial charge on any atom is -0.409 e. The summed E-state index contributed by atoms with van der Waals surface area (Å²) in [5, 5.41) is 14.6. The lowest BCUT2D eigenvalue weighted by atomic mass is 9.93. The van der Waals surface area contributed by atoms with Crippen LogP contribution >= 0.6 is 11.3 Å². The van der Waals surface area contributed by atoms with Crippen LogP contribution in [0.15, 0.2) is 10.5 Å². The van der Waals surface area contributed by atoms with E-state index in [1.54, 1.807) is 11.3 Å². The van der Waals surface area contributed by atoms with E-state index in [-0.39, 0.29) is 11.3 Å². The maximum absolute atomic E-state index is 8.46. The molecule has 0 fully saturated rings. The number of amidine groups is 1. The molecule has 0 aromatic carbocycles. The van der Waals surface area contributed by atoms with Crippen molar-refractivity contribution in [1.82, 2.24) is 9.88 Å². The molecule has 5 nitrogen and oxygen atoms in total. The molecule has 0 saturated heterocycles. The fourth-order valence-corrected chi connectivity index (χ4v) is 2.49. The van der Waals surface area contributed by atoms with Gasteiger partial charge in [0.25, 0.3) is 0 Å². The number of aromatic nitrogens is 1. The van der Waals surface area contributed by atoms with Crippen LogP contribution in [0.5, 0.6) is 0 Å². The van der Waals surface area contributed by atoms with Crippen LogP contribution in [0.1, 0.15) is 37.9 Å². The number of oxime groups is 1. The molecule has 0 bridgehead atoms. The van der Waals surface area contributed by atoms with E-state index >= 15 is 0 Å². The van der Waals surface area contributed by atoms with Crippen molar-refractivity contribution in [3.05, 3.63) is 16.1 Å². The Bertz CT molecular complexity index is 408. The Kier molecular flexibility index (Phi) is 5.10. The van der Waals surface area contributed by atoms with Crippen LogP contribution in [0.3, 0.4) is 0 Å². The number of nitrogens with two attached hydrogens (primary N) is 1. The number of hydrogen-bond acceptors (Lipinski definition) is 5. The molecule has 0 saturated carbocycles. The second kappa shape index (κ2) is 6.15. The van der Waals surface area contributed by atoms with Gasteiger partial charge in [-0.15, -0.1) is 11.3 Å². The summed E-state index contributed by atoms with van der Waals surface area (Å²) in [6, 6.07) is 0.